The number of esters is 1. The summed E-state index contributed by atoms with van der Waals surface area (Å²) < 4.78 is 27.9. The molecule has 3 aromatic heterocycles. The Balaban J connectivity index is 0.00000306. The highest BCUT2D eigenvalue weighted by molar-refractivity contribution is 7.59. The van der Waals surface area contributed by atoms with Gasteiger partial charge < -0.3 is 9.47 Å². The molecule has 0 saturated carbocycles. The van der Waals surface area contributed by atoms with Crippen molar-refractivity contribution in [3.63, 3.8) is 0 Å². The van der Waals surface area contributed by atoms with E-state index in [0.29, 0.717) is 28.9 Å². The lowest BCUT2D eigenvalue weighted by atomic mass is 10.0. The average Bonchev–Trinajstić information content (AvgIpc) is 3.44. The van der Waals surface area contributed by atoms with Crippen LogP contribution in [-0.2, 0) is 4.74 Å². The van der Waals surface area contributed by atoms with Crippen LogP contribution in [0.25, 0.3) is 17.0 Å². The first kappa shape index (κ1) is 24.2. The molecule has 0 aliphatic carbocycles. The highest BCUT2D eigenvalue weighted by Crippen LogP contribution is 2.31. The summed E-state index contributed by atoms with van der Waals surface area (Å²) in [6.45, 7) is 5.72. The summed E-state index contributed by atoms with van der Waals surface area (Å²) >= 11 is 0. The minimum absolute atomic E-state index is 0. The van der Waals surface area contributed by atoms with Crippen molar-refractivity contribution in [3.05, 3.63) is 59.3 Å². The molecule has 0 unspecified atom stereocenters. The second-order valence-electron chi connectivity index (χ2n) is 7.18. The number of benzene rings is 1. The van der Waals surface area contributed by atoms with E-state index in [1.165, 1.54) is 30.3 Å². The maximum absolute atomic E-state index is 14.2. The molecule has 0 radical (unpaired) electrons. The van der Waals surface area contributed by atoms with Crippen molar-refractivity contribution in [2.45, 2.75) is 33.2 Å². The van der Waals surface area contributed by atoms with Gasteiger partial charge in [-0.05, 0) is 37.5 Å². The van der Waals surface area contributed by atoms with E-state index in [0.717, 1.165) is 5.56 Å². The Morgan fingerprint density at radius 3 is 2.64 bits per heavy atom. The van der Waals surface area contributed by atoms with Crippen LogP contribution < -0.4 is 4.74 Å². The van der Waals surface area contributed by atoms with Gasteiger partial charge in [0.2, 0.25) is 5.88 Å². The molecule has 0 spiro atoms. The summed E-state index contributed by atoms with van der Waals surface area (Å²) in [7, 11) is 1.50. The molecule has 0 saturated heterocycles. The molecule has 0 aliphatic rings. The van der Waals surface area contributed by atoms with Crippen molar-refractivity contribution in [2.75, 3.05) is 13.7 Å². The average molecular weight is 473 g/mol. The molecule has 9 nitrogen and oxygen atoms in total. The van der Waals surface area contributed by atoms with Gasteiger partial charge in [0.25, 0.3) is 5.95 Å². The first-order valence-corrected chi connectivity index (χ1v) is 10.2. The van der Waals surface area contributed by atoms with Crippen LogP contribution in [0.3, 0.4) is 0 Å². The number of rotatable bonds is 7. The molecule has 0 aliphatic heterocycles. The van der Waals surface area contributed by atoms with Gasteiger partial charge in [-0.15, -0.1) is 0 Å². The van der Waals surface area contributed by atoms with Crippen LogP contribution in [-0.4, -0.2) is 49.2 Å². The van der Waals surface area contributed by atoms with Gasteiger partial charge in [0.05, 0.1) is 37.7 Å². The van der Waals surface area contributed by atoms with Crippen molar-refractivity contribution >= 4 is 30.5 Å². The Morgan fingerprint density at radius 1 is 1.18 bits per heavy atom. The molecule has 0 amide bonds. The SMILES string of the molecule is CCOC(=O)c1cnn(-c2nc(OC)c3c(cnn3[C@@H](CC)c3ccc(C)c(F)c3)n2)c1.S. The van der Waals surface area contributed by atoms with E-state index in [1.54, 1.807) is 30.8 Å². The van der Waals surface area contributed by atoms with Crippen LogP contribution in [0.5, 0.6) is 5.88 Å². The number of aryl methyl sites for hydroxylation is 1. The zero-order chi connectivity index (χ0) is 22.8. The number of carbonyl (C=O) groups is 1. The molecular weight excluding hydrogens is 447 g/mol. The number of carbonyl (C=O) groups excluding carboxylic acids is 1. The highest BCUT2D eigenvalue weighted by Gasteiger charge is 2.22. The largest absolute Gasteiger partial charge is 0.479 e. The molecule has 0 N–H and O–H groups in total. The second kappa shape index (κ2) is 9.99. The van der Waals surface area contributed by atoms with Gasteiger partial charge in [0.1, 0.15) is 16.9 Å². The lowest BCUT2D eigenvalue weighted by Gasteiger charge is -2.18. The van der Waals surface area contributed by atoms with Crippen molar-refractivity contribution < 1.29 is 18.7 Å². The minimum Gasteiger partial charge on any atom is -0.479 e. The monoisotopic (exact) mass is 472 g/mol. The summed E-state index contributed by atoms with van der Waals surface area (Å²) in [6.07, 6.45) is 5.16. The van der Waals surface area contributed by atoms with Gasteiger partial charge in [-0.1, -0.05) is 19.1 Å². The number of hydrogen-bond acceptors (Lipinski definition) is 7. The number of fused-ring (bicyclic) bond motifs is 1. The van der Waals surface area contributed by atoms with E-state index in [4.69, 9.17) is 9.47 Å². The van der Waals surface area contributed by atoms with E-state index < -0.39 is 5.97 Å². The fourth-order valence-corrected chi connectivity index (χ4v) is 3.52. The molecule has 0 bridgehead atoms. The van der Waals surface area contributed by atoms with E-state index in [9.17, 15) is 9.18 Å². The zero-order valence-electron chi connectivity index (χ0n) is 18.7. The number of methoxy groups -OCH3 is 1. The fourth-order valence-electron chi connectivity index (χ4n) is 3.52. The van der Waals surface area contributed by atoms with Crippen molar-refractivity contribution in [3.8, 4) is 11.8 Å². The number of hydrogen-bond donors (Lipinski definition) is 0. The Labute approximate surface area is 197 Å². The van der Waals surface area contributed by atoms with Crippen LogP contribution in [0, 0.1) is 12.7 Å². The Hall–Kier alpha value is -3.47. The Kier molecular flexibility index (Phi) is 7.32. The Bertz CT molecular complexity index is 1290. The predicted octanol–water partition coefficient (Wildman–Crippen LogP) is 3.76. The molecule has 174 valence electrons. The fraction of sp³-hybridized carbons (Fsp3) is 0.318. The number of ether oxygens (including phenoxy) is 2. The summed E-state index contributed by atoms with van der Waals surface area (Å²) in [6, 6.07) is 4.94. The van der Waals surface area contributed by atoms with Crippen molar-refractivity contribution in [1.82, 2.24) is 29.5 Å². The molecule has 11 heteroatoms. The quantitative estimate of drug-likeness (QED) is 0.378. The third-order valence-corrected chi connectivity index (χ3v) is 5.16. The molecule has 3 heterocycles. The van der Waals surface area contributed by atoms with Crippen LogP contribution in [0.15, 0.2) is 36.8 Å². The summed E-state index contributed by atoms with van der Waals surface area (Å²) in [5.74, 6) is -0.227. The van der Waals surface area contributed by atoms with Crippen LogP contribution in [0.2, 0.25) is 0 Å². The molecule has 33 heavy (non-hydrogen) atoms. The van der Waals surface area contributed by atoms with Gasteiger partial charge in [-0.3, -0.25) is 4.68 Å². The number of nitrogens with zero attached hydrogens (tertiary/aromatic N) is 6. The maximum atomic E-state index is 14.2. The van der Waals surface area contributed by atoms with E-state index in [1.807, 2.05) is 13.0 Å². The third kappa shape index (κ3) is 4.54. The van der Waals surface area contributed by atoms with Crippen LogP contribution >= 0.6 is 13.5 Å². The lowest BCUT2D eigenvalue weighted by molar-refractivity contribution is 0.0526. The normalized spacial score (nSPS) is 11.8. The minimum atomic E-state index is -0.476. The van der Waals surface area contributed by atoms with Crippen molar-refractivity contribution in [1.29, 1.82) is 0 Å². The topological polar surface area (TPSA) is 97.0 Å². The lowest BCUT2D eigenvalue weighted by Crippen LogP contribution is -2.13. The van der Waals surface area contributed by atoms with E-state index >= 15 is 0 Å². The molecule has 1 atom stereocenters. The summed E-state index contributed by atoms with van der Waals surface area (Å²) in [4.78, 5) is 20.9. The van der Waals surface area contributed by atoms with Gasteiger partial charge >= 0.3 is 5.97 Å². The van der Waals surface area contributed by atoms with Crippen LogP contribution in [0.4, 0.5) is 4.39 Å². The third-order valence-electron chi connectivity index (χ3n) is 5.16. The van der Waals surface area contributed by atoms with Crippen molar-refractivity contribution in [2.24, 2.45) is 0 Å². The molecular formula is C22H25FN6O3S. The molecule has 4 rings (SSSR count). The van der Waals surface area contributed by atoms with Gasteiger partial charge in [-0.2, -0.15) is 28.7 Å². The maximum Gasteiger partial charge on any atom is 0.341 e. The Morgan fingerprint density at radius 2 is 1.97 bits per heavy atom. The number of halogens is 1. The second-order valence-corrected chi connectivity index (χ2v) is 7.18. The van der Waals surface area contributed by atoms with E-state index in [-0.39, 0.29) is 43.5 Å². The van der Waals surface area contributed by atoms with E-state index in [2.05, 4.69) is 20.2 Å². The van der Waals surface area contributed by atoms with Gasteiger partial charge in [0.15, 0.2) is 0 Å². The highest BCUT2D eigenvalue weighted by atomic mass is 32.1. The zero-order valence-corrected chi connectivity index (χ0v) is 19.7. The number of aromatic nitrogens is 6. The smallest absolute Gasteiger partial charge is 0.341 e. The first-order chi connectivity index (χ1) is 15.5. The van der Waals surface area contributed by atoms with Gasteiger partial charge in [0, 0.05) is 6.20 Å². The standard InChI is InChI=1S/C22H23FN6O3.H2S/c1-5-18(14-8-7-13(3)16(23)9-14)29-19-17(11-25-29)26-22(27-20(19)31-4)28-12-15(10-24-28)21(30)32-6-2;/h7-12,18H,5-6H2,1-4H3;1H2/t18-;/m0./s1. The molecule has 0 fully saturated rings. The predicted molar refractivity (Wildman–Crippen MR) is 125 cm³/mol. The summed E-state index contributed by atoms with van der Waals surface area (Å²) in [5, 5.41) is 8.67. The first-order valence-electron chi connectivity index (χ1n) is 10.2. The molecule has 4 aromatic rings. The molecule has 1 aromatic carbocycles. The summed E-state index contributed by atoms with van der Waals surface area (Å²) in [5.41, 5.74) is 2.78. The van der Waals surface area contributed by atoms with Gasteiger partial charge in [-0.25, -0.2) is 18.9 Å². The van der Waals surface area contributed by atoms with Crippen LogP contribution in [0.1, 0.15) is 47.8 Å².